The van der Waals surface area contributed by atoms with Crippen LogP contribution in [0.25, 0.3) is 0 Å². The lowest BCUT2D eigenvalue weighted by molar-refractivity contribution is -0.140. The van der Waals surface area contributed by atoms with Gasteiger partial charge in [0, 0.05) is 24.8 Å². The largest absolute Gasteiger partial charge is 0.481 e. The highest BCUT2D eigenvalue weighted by molar-refractivity contribution is 5.67. The van der Waals surface area contributed by atoms with Crippen LogP contribution in [0.5, 0.6) is 0 Å². The SMILES string of the molecule is Cc1cc(C)c(NC2CCN(CCC3(CC(=O)O)CCCCC3)CC2)c(C)c1. The van der Waals surface area contributed by atoms with Gasteiger partial charge in [0.1, 0.15) is 0 Å². The van der Waals surface area contributed by atoms with E-state index in [2.05, 4.69) is 43.1 Å². The molecule has 28 heavy (non-hydrogen) atoms. The molecule has 1 aromatic rings. The summed E-state index contributed by atoms with van der Waals surface area (Å²) >= 11 is 0. The first-order valence-electron chi connectivity index (χ1n) is 11.2. The number of piperidine rings is 1. The molecule has 0 amide bonds. The number of carboxylic acid groups (broad SMARTS) is 1. The van der Waals surface area contributed by atoms with E-state index in [9.17, 15) is 9.90 Å². The van der Waals surface area contributed by atoms with Crippen LogP contribution in [0.15, 0.2) is 12.1 Å². The molecule has 4 heteroatoms. The van der Waals surface area contributed by atoms with Crippen molar-refractivity contribution in [2.24, 2.45) is 5.41 Å². The predicted molar refractivity (Wildman–Crippen MR) is 116 cm³/mol. The molecule has 1 aliphatic carbocycles. The van der Waals surface area contributed by atoms with E-state index in [0.29, 0.717) is 12.5 Å². The van der Waals surface area contributed by atoms with Crippen molar-refractivity contribution < 1.29 is 9.90 Å². The predicted octanol–water partition coefficient (Wildman–Crippen LogP) is 5.30. The van der Waals surface area contributed by atoms with Crippen molar-refractivity contribution in [3.8, 4) is 0 Å². The fourth-order valence-corrected chi connectivity index (χ4v) is 5.45. The average Bonchev–Trinajstić information content (AvgIpc) is 2.64. The third kappa shape index (κ3) is 5.50. The van der Waals surface area contributed by atoms with Gasteiger partial charge in [-0.2, -0.15) is 0 Å². The van der Waals surface area contributed by atoms with Gasteiger partial charge in [0.05, 0.1) is 6.42 Å². The molecular weight excluding hydrogens is 348 g/mol. The summed E-state index contributed by atoms with van der Waals surface area (Å²) in [5.41, 5.74) is 5.37. The second kappa shape index (κ2) is 9.30. The minimum atomic E-state index is -0.617. The zero-order valence-electron chi connectivity index (χ0n) is 18.0. The van der Waals surface area contributed by atoms with E-state index in [1.54, 1.807) is 0 Å². The smallest absolute Gasteiger partial charge is 0.303 e. The number of carbonyl (C=O) groups is 1. The van der Waals surface area contributed by atoms with Crippen LogP contribution >= 0.6 is 0 Å². The number of aryl methyl sites for hydroxylation is 3. The van der Waals surface area contributed by atoms with Gasteiger partial charge in [-0.05, 0) is 76.0 Å². The molecule has 1 saturated heterocycles. The van der Waals surface area contributed by atoms with Gasteiger partial charge >= 0.3 is 5.97 Å². The summed E-state index contributed by atoms with van der Waals surface area (Å²) in [7, 11) is 0. The van der Waals surface area contributed by atoms with Gasteiger partial charge < -0.3 is 15.3 Å². The molecule has 4 nitrogen and oxygen atoms in total. The van der Waals surface area contributed by atoms with Crippen LogP contribution in [0.3, 0.4) is 0 Å². The maximum atomic E-state index is 11.4. The Hall–Kier alpha value is -1.55. The van der Waals surface area contributed by atoms with Crippen LogP contribution in [0, 0.1) is 26.2 Å². The van der Waals surface area contributed by atoms with Crippen molar-refractivity contribution >= 4 is 11.7 Å². The molecule has 0 spiro atoms. The van der Waals surface area contributed by atoms with E-state index in [1.807, 2.05) is 0 Å². The van der Waals surface area contributed by atoms with Crippen molar-refractivity contribution in [1.29, 1.82) is 0 Å². The number of aliphatic carboxylic acids is 1. The lowest BCUT2D eigenvalue weighted by atomic mass is 9.69. The Morgan fingerprint density at radius 2 is 1.71 bits per heavy atom. The number of likely N-dealkylation sites (tertiary alicyclic amines) is 1. The molecule has 0 aromatic heterocycles. The van der Waals surface area contributed by atoms with Gasteiger partial charge in [0.15, 0.2) is 0 Å². The van der Waals surface area contributed by atoms with Crippen molar-refractivity contribution in [3.63, 3.8) is 0 Å². The molecule has 0 radical (unpaired) electrons. The fraction of sp³-hybridized carbons (Fsp3) is 0.708. The van der Waals surface area contributed by atoms with E-state index in [0.717, 1.165) is 38.9 Å². The first kappa shape index (κ1) is 21.2. The average molecular weight is 387 g/mol. The summed E-state index contributed by atoms with van der Waals surface area (Å²) in [5, 5.41) is 13.2. The van der Waals surface area contributed by atoms with Gasteiger partial charge in [-0.3, -0.25) is 4.79 Å². The molecule has 2 fully saturated rings. The van der Waals surface area contributed by atoms with E-state index >= 15 is 0 Å². The third-order valence-corrected chi connectivity index (χ3v) is 7.01. The Bertz CT molecular complexity index is 648. The first-order valence-corrected chi connectivity index (χ1v) is 11.2. The monoisotopic (exact) mass is 386 g/mol. The van der Waals surface area contributed by atoms with Crippen molar-refractivity contribution in [2.45, 2.75) is 84.6 Å². The van der Waals surface area contributed by atoms with Crippen molar-refractivity contribution in [1.82, 2.24) is 4.90 Å². The second-order valence-electron chi connectivity index (χ2n) is 9.42. The number of nitrogens with zero attached hydrogens (tertiary/aromatic N) is 1. The van der Waals surface area contributed by atoms with Crippen LogP contribution in [0.2, 0.25) is 0 Å². The molecule has 0 unspecified atom stereocenters. The summed E-state index contributed by atoms with van der Waals surface area (Å²) in [4.78, 5) is 14.0. The highest BCUT2D eigenvalue weighted by Gasteiger charge is 2.34. The van der Waals surface area contributed by atoms with Crippen LogP contribution in [0.1, 0.15) is 74.5 Å². The summed E-state index contributed by atoms with van der Waals surface area (Å²) in [6, 6.07) is 5.06. The molecular formula is C24H38N2O2. The number of hydrogen-bond donors (Lipinski definition) is 2. The number of carboxylic acids is 1. The lowest BCUT2D eigenvalue weighted by Crippen LogP contribution is -2.41. The Morgan fingerprint density at radius 1 is 1.11 bits per heavy atom. The summed E-state index contributed by atoms with van der Waals surface area (Å²) in [6.45, 7) is 9.84. The standard InChI is InChI=1S/C24H38N2O2/c1-18-15-19(2)23(20(3)16-18)25-21-7-12-26(13-8-21)14-11-24(17-22(27)28)9-5-4-6-10-24/h15-16,21,25H,4-14,17H2,1-3H3,(H,27,28). The summed E-state index contributed by atoms with van der Waals surface area (Å²) in [6.07, 6.45) is 9.62. The Balaban J connectivity index is 1.49. The van der Waals surface area contributed by atoms with E-state index in [4.69, 9.17) is 0 Å². The minimum Gasteiger partial charge on any atom is -0.481 e. The Morgan fingerprint density at radius 3 is 2.29 bits per heavy atom. The summed E-state index contributed by atoms with van der Waals surface area (Å²) in [5.74, 6) is -0.617. The number of nitrogens with one attached hydrogen (secondary N) is 1. The maximum Gasteiger partial charge on any atom is 0.303 e. The molecule has 2 N–H and O–H groups in total. The van der Waals surface area contributed by atoms with Crippen molar-refractivity contribution in [3.05, 3.63) is 28.8 Å². The minimum absolute atomic E-state index is 0.0509. The quantitative estimate of drug-likeness (QED) is 0.667. The molecule has 0 bridgehead atoms. The number of hydrogen-bond acceptors (Lipinski definition) is 3. The third-order valence-electron chi connectivity index (χ3n) is 7.01. The van der Waals surface area contributed by atoms with Crippen LogP contribution in [-0.2, 0) is 4.79 Å². The number of benzene rings is 1. The van der Waals surface area contributed by atoms with E-state index < -0.39 is 5.97 Å². The van der Waals surface area contributed by atoms with E-state index in [-0.39, 0.29) is 5.41 Å². The zero-order valence-corrected chi connectivity index (χ0v) is 18.0. The number of rotatable bonds is 7. The van der Waals surface area contributed by atoms with Gasteiger partial charge in [0.25, 0.3) is 0 Å². The lowest BCUT2D eigenvalue weighted by Gasteiger charge is -2.39. The van der Waals surface area contributed by atoms with Crippen LogP contribution in [0.4, 0.5) is 5.69 Å². The van der Waals surface area contributed by atoms with E-state index in [1.165, 1.54) is 54.5 Å². The van der Waals surface area contributed by atoms with Crippen molar-refractivity contribution in [2.75, 3.05) is 25.0 Å². The van der Waals surface area contributed by atoms with Gasteiger partial charge in [-0.25, -0.2) is 0 Å². The normalized spacial score (nSPS) is 20.8. The molecule has 3 rings (SSSR count). The fourth-order valence-electron chi connectivity index (χ4n) is 5.45. The van der Waals surface area contributed by atoms with Crippen LogP contribution < -0.4 is 5.32 Å². The second-order valence-corrected chi connectivity index (χ2v) is 9.42. The van der Waals surface area contributed by atoms with Gasteiger partial charge in [-0.15, -0.1) is 0 Å². The maximum absolute atomic E-state index is 11.4. The van der Waals surface area contributed by atoms with Crippen LogP contribution in [-0.4, -0.2) is 41.7 Å². The Labute approximate surface area is 170 Å². The molecule has 1 aliphatic heterocycles. The molecule has 2 aliphatic rings. The topological polar surface area (TPSA) is 52.6 Å². The molecule has 156 valence electrons. The zero-order chi connectivity index (χ0) is 20.1. The number of anilines is 1. The van der Waals surface area contributed by atoms with Gasteiger partial charge in [0.2, 0.25) is 0 Å². The molecule has 1 saturated carbocycles. The highest BCUT2D eigenvalue weighted by Crippen LogP contribution is 2.42. The highest BCUT2D eigenvalue weighted by atomic mass is 16.4. The molecule has 0 atom stereocenters. The Kier molecular flexibility index (Phi) is 7.03. The van der Waals surface area contributed by atoms with Gasteiger partial charge in [-0.1, -0.05) is 37.0 Å². The molecule has 1 heterocycles. The summed E-state index contributed by atoms with van der Waals surface area (Å²) < 4.78 is 0. The molecule has 1 aromatic carbocycles. The first-order chi connectivity index (χ1) is 13.4.